The van der Waals surface area contributed by atoms with E-state index in [1.54, 1.807) is 18.5 Å². The molecule has 2 aromatic heterocycles. The van der Waals surface area contributed by atoms with Crippen molar-refractivity contribution in [2.75, 3.05) is 37.2 Å². The van der Waals surface area contributed by atoms with E-state index in [2.05, 4.69) is 32.1 Å². The Morgan fingerprint density at radius 3 is 2.71 bits per heavy atom. The first-order valence-corrected chi connectivity index (χ1v) is 11.2. The molecule has 1 aliphatic heterocycles. The highest BCUT2D eigenvalue weighted by Crippen LogP contribution is 2.43. The lowest BCUT2D eigenvalue weighted by Crippen LogP contribution is -2.47. The summed E-state index contributed by atoms with van der Waals surface area (Å²) in [6, 6.07) is 3.60. The van der Waals surface area contributed by atoms with Gasteiger partial charge in [-0.3, -0.25) is 4.98 Å². The first-order valence-electron chi connectivity index (χ1n) is 11.2. The van der Waals surface area contributed by atoms with E-state index in [9.17, 15) is 4.39 Å². The van der Waals surface area contributed by atoms with Crippen molar-refractivity contribution >= 4 is 23.0 Å². The molecule has 3 heterocycles. The van der Waals surface area contributed by atoms with Gasteiger partial charge in [-0.1, -0.05) is 6.58 Å². The molecule has 178 valence electrons. The van der Waals surface area contributed by atoms with Crippen LogP contribution < -0.4 is 27.8 Å². The van der Waals surface area contributed by atoms with E-state index in [0.717, 1.165) is 67.6 Å². The van der Waals surface area contributed by atoms with Crippen LogP contribution in [0.1, 0.15) is 35.4 Å². The molecule has 1 saturated carbocycles. The lowest BCUT2D eigenvalue weighted by molar-refractivity contribution is 0.358. The number of nitrogens with one attached hydrogen (secondary N) is 2. The molecule has 0 amide bonds. The summed E-state index contributed by atoms with van der Waals surface area (Å²) in [5.74, 6) is 1.10. The maximum absolute atomic E-state index is 12.7. The van der Waals surface area contributed by atoms with Crippen molar-refractivity contribution in [2.24, 2.45) is 16.5 Å². The van der Waals surface area contributed by atoms with Gasteiger partial charge in [-0.15, -0.1) is 0 Å². The number of halogens is 1. The van der Waals surface area contributed by atoms with Gasteiger partial charge in [-0.2, -0.15) is 4.39 Å². The minimum atomic E-state index is -0.837. The number of rotatable bonds is 7. The fraction of sp³-hybridized carbons (Fsp3) is 0.292. The Labute approximate surface area is 198 Å². The first kappa shape index (κ1) is 23.2. The maximum Gasteiger partial charge on any atom is 0.184 e. The molecular weight excluding hydrogens is 433 g/mol. The SMILES string of the molecule is C=C(/N=C(\c1c(N)cncc1C1CC1)N1CCNCC1)c1ccnc(N/C(N)=C/C=C(\N)F)c1. The Morgan fingerprint density at radius 2 is 2.00 bits per heavy atom. The van der Waals surface area contributed by atoms with E-state index in [1.807, 2.05) is 12.3 Å². The smallest absolute Gasteiger partial charge is 0.184 e. The van der Waals surface area contributed by atoms with Crippen molar-refractivity contribution in [2.45, 2.75) is 18.8 Å². The second-order valence-corrected chi connectivity index (χ2v) is 8.31. The Hall–Kier alpha value is -3.92. The summed E-state index contributed by atoms with van der Waals surface area (Å²) in [6.45, 7) is 7.57. The van der Waals surface area contributed by atoms with Gasteiger partial charge >= 0.3 is 0 Å². The van der Waals surface area contributed by atoms with Crippen molar-refractivity contribution in [3.05, 3.63) is 77.9 Å². The topological polar surface area (TPSA) is 144 Å². The molecule has 2 fully saturated rings. The number of allylic oxidation sites excluding steroid dienone is 2. The molecule has 2 aromatic rings. The van der Waals surface area contributed by atoms with Crippen molar-refractivity contribution in [3.63, 3.8) is 0 Å². The molecule has 0 spiro atoms. The zero-order valence-electron chi connectivity index (χ0n) is 19.0. The summed E-state index contributed by atoms with van der Waals surface area (Å²) in [4.78, 5) is 15.8. The number of amidine groups is 1. The molecule has 4 rings (SSSR count). The van der Waals surface area contributed by atoms with Crippen molar-refractivity contribution in [1.82, 2.24) is 20.2 Å². The average molecular weight is 464 g/mol. The van der Waals surface area contributed by atoms with Crippen molar-refractivity contribution in [1.29, 1.82) is 0 Å². The van der Waals surface area contributed by atoms with Crippen molar-refractivity contribution < 1.29 is 4.39 Å². The van der Waals surface area contributed by atoms with E-state index in [0.29, 0.717) is 23.1 Å². The fourth-order valence-corrected chi connectivity index (χ4v) is 3.85. The van der Waals surface area contributed by atoms with Gasteiger partial charge in [0.25, 0.3) is 0 Å². The predicted octanol–water partition coefficient (Wildman–Crippen LogP) is 2.24. The van der Waals surface area contributed by atoms with Gasteiger partial charge in [0.15, 0.2) is 5.95 Å². The van der Waals surface area contributed by atoms with Crippen LogP contribution in [-0.4, -0.2) is 46.9 Å². The zero-order valence-corrected chi connectivity index (χ0v) is 19.0. The number of aromatic nitrogens is 2. The second kappa shape index (κ2) is 10.3. The molecule has 1 aliphatic carbocycles. The number of pyridine rings is 2. The van der Waals surface area contributed by atoms with Crippen LogP contribution in [0.5, 0.6) is 0 Å². The summed E-state index contributed by atoms with van der Waals surface area (Å²) < 4.78 is 12.7. The van der Waals surface area contributed by atoms with E-state index in [4.69, 9.17) is 22.2 Å². The number of hydrogen-bond donors (Lipinski definition) is 5. The normalized spacial score (nSPS) is 17.6. The van der Waals surface area contributed by atoms with E-state index in [-0.39, 0.29) is 5.82 Å². The monoisotopic (exact) mass is 463 g/mol. The summed E-state index contributed by atoms with van der Waals surface area (Å²) in [5.41, 5.74) is 21.3. The molecule has 34 heavy (non-hydrogen) atoms. The first-order chi connectivity index (χ1) is 16.4. The molecule has 0 radical (unpaired) electrons. The lowest BCUT2D eigenvalue weighted by atomic mass is 10.0. The van der Waals surface area contributed by atoms with Gasteiger partial charge in [-0.25, -0.2) is 9.98 Å². The lowest BCUT2D eigenvalue weighted by Gasteiger charge is -2.32. The predicted molar refractivity (Wildman–Crippen MR) is 134 cm³/mol. The third kappa shape index (κ3) is 5.70. The van der Waals surface area contributed by atoms with Gasteiger partial charge < -0.3 is 32.7 Å². The van der Waals surface area contributed by atoms with E-state index >= 15 is 0 Å². The van der Waals surface area contributed by atoms with Crippen LogP contribution in [0.2, 0.25) is 0 Å². The number of anilines is 2. The van der Waals surface area contributed by atoms with Crippen LogP contribution in [0.25, 0.3) is 5.70 Å². The number of piperazine rings is 1. The van der Waals surface area contributed by atoms with Gasteiger partial charge in [-0.05, 0) is 48.6 Å². The Morgan fingerprint density at radius 1 is 1.24 bits per heavy atom. The minimum Gasteiger partial charge on any atom is -0.397 e. The molecular formula is C24H30FN9. The maximum atomic E-state index is 12.7. The zero-order chi connectivity index (χ0) is 24.1. The number of aliphatic imine (C=N–C) groups is 1. The molecule has 10 heteroatoms. The molecule has 8 N–H and O–H groups in total. The third-order valence-corrected chi connectivity index (χ3v) is 5.69. The molecule has 0 bridgehead atoms. The Kier molecular flexibility index (Phi) is 7.07. The molecule has 0 unspecified atom stereocenters. The molecule has 0 aromatic carbocycles. The van der Waals surface area contributed by atoms with Crippen LogP contribution in [0.3, 0.4) is 0 Å². The van der Waals surface area contributed by atoms with Gasteiger partial charge in [0.1, 0.15) is 17.5 Å². The molecule has 2 aliphatic rings. The molecule has 0 atom stereocenters. The largest absolute Gasteiger partial charge is 0.397 e. The van der Waals surface area contributed by atoms with E-state index < -0.39 is 5.95 Å². The second-order valence-electron chi connectivity index (χ2n) is 8.31. The number of nitrogens with two attached hydrogens (primary N) is 3. The fourth-order valence-electron chi connectivity index (χ4n) is 3.85. The summed E-state index contributed by atoms with van der Waals surface area (Å²) in [5, 5.41) is 6.29. The highest BCUT2D eigenvalue weighted by Gasteiger charge is 2.31. The molecule has 1 saturated heterocycles. The minimum absolute atomic E-state index is 0.194. The van der Waals surface area contributed by atoms with Crippen LogP contribution in [-0.2, 0) is 0 Å². The summed E-state index contributed by atoms with van der Waals surface area (Å²) >= 11 is 0. The number of nitrogens with zero attached hydrogens (tertiary/aromatic N) is 4. The Balaban J connectivity index is 1.67. The van der Waals surface area contributed by atoms with Crippen LogP contribution in [0, 0.1) is 0 Å². The standard InChI is InChI=1S/C24H30FN9/c1-15(17-6-7-31-22(12-17)33-21(28)5-4-20(25)27)32-24(34-10-8-29-9-11-34)23-18(16-2-3-16)13-30-14-19(23)26/h4-7,12-14,16,29H,1-3,8-11,26-28H2,(H,31,33)/b20-4-,21-5+,32-24+. The number of nitrogen functional groups attached to an aromatic ring is 1. The highest BCUT2D eigenvalue weighted by atomic mass is 19.1. The van der Waals surface area contributed by atoms with E-state index in [1.165, 1.54) is 6.08 Å². The van der Waals surface area contributed by atoms with Gasteiger partial charge in [0.2, 0.25) is 0 Å². The third-order valence-electron chi connectivity index (χ3n) is 5.69. The average Bonchev–Trinajstić information content (AvgIpc) is 3.67. The highest BCUT2D eigenvalue weighted by molar-refractivity contribution is 6.06. The number of hydrogen-bond acceptors (Lipinski definition) is 8. The van der Waals surface area contributed by atoms with Crippen LogP contribution in [0.4, 0.5) is 15.9 Å². The summed E-state index contributed by atoms with van der Waals surface area (Å²) in [7, 11) is 0. The molecule has 9 nitrogen and oxygen atoms in total. The Bertz CT molecular complexity index is 1140. The summed E-state index contributed by atoms with van der Waals surface area (Å²) in [6.07, 6.45) is 9.87. The van der Waals surface area contributed by atoms with Gasteiger partial charge in [0.05, 0.1) is 17.6 Å². The van der Waals surface area contributed by atoms with Crippen LogP contribution in [0.15, 0.2) is 66.2 Å². The quantitative estimate of drug-likeness (QED) is 0.182. The van der Waals surface area contributed by atoms with Crippen molar-refractivity contribution in [3.8, 4) is 0 Å². The van der Waals surface area contributed by atoms with Gasteiger partial charge in [0, 0.05) is 49.7 Å². The van der Waals surface area contributed by atoms with Crippen LogP contribution >= 0.6 is 0 Å².